The zero-order valence-corrected chi connectivity index (χ0v) is 16.6. The average Bonchev–Trinajstić information content (AvgIpc) is 3.25. The largest absolute Gasteiger partial charge is 0.550 e. The summed E-state index contributed by atoms with van der Waals surface area (Å²) >= 11 is 0. The number of hydrogen-bond donors (Lipinski definition) is 0. The average molecular weight is 376 g/mol. The van der Waals surface area contributed by atoms with Crippen molar-refractivity contribution in [2.45, 2.75) is 52.2 Å². The van der Waals surface area contributed by atoms with Gasteiger partial charge in [-0.25, -0.2) is 0 Å². The maximum absolute atomic E-state index is 11.4. The van der Waals surface area contributed by atoms with Crippen LogP contribution in [0.1, 0.15) is 55.8 Å². The van der Waals surface area contributed by atoms with Crippen LogP contribution in [0.2, 0.25) is 0 Å². The van der Waals surface area contributed by atoms with Crippen molar-refractivity contribution in [3.05, 3.63) is 65.4 Å². The summed E-state index contributed by atoms with van der Waals surface area (Å²) in [5, 5.41) is 12.6. The molecule has 0 amide bonds. The molecule has 2 unspecified atom stereocenters. The lowest BCUT2D eigenvalue weighted by Gasteiger charge is -2.19. The van der Waals surface area contributed by atoms with Crippen LogP contribution in [0.3, 0.4) is 0 Å². The minimum Gasteiger partial charge on any atom is -0.550 e. The van der Waals surface area contributed by atoms with Crippen molar-refractivity contribution in [3.8, 4) is 5.75 Å². The quantitative estimate of drug-likeness (QED) is 0.647. The number of carbonyl (C=O) groups excluding carboxylic acids is 1. The predicted molar refractivity (Wildman–Crippen MR) is 108 cm³/mol. The molecule has 0 spiro atoms. The molecular weight excluding hydrogens is 350 g/mol. The second kappa shape index (κ2) is 7.34. The molecule has 0 N–H and O–H groups in total. The standard InChI is InChI=1S/C24H27NO3/c1-15(2)20-11-18(28-14-17-7-5-4-6-8-17)12-22-21(20)13-23-19(9-10-25(22)23)16(3)24(26)27/h4-8,11-13,15-16,19H,9-10,14H2,1-3H3,(H,26,27)/p-1. The van der Waals surface area contributed by atoms with E-state index in [2.05, 4.69) is 48.7 Å². The maximum Gasteiger partial charge on any atom is 0.122 e. The van der Waals surface area contributed by atoms with Gasteiger partial charge >= 0.3 is 0 Å². The fourth-order valence-corrected chi connectivity index (χ4v) is 4.32. The minimum atomic E-state index is -0.973. The molecule has 1 aliphatic heterocycles. The Balaban J connectivity index is 1.73. The molecule has 0 bridgehead atoms. The lowest BCUT2D eigenvalue weighted by atomic mass is 9.89. The topological polar surface area (TPSA) is 54.3 Å². The number of rotatable bonds is 6. The van der Waals surface area contributed by atoms with Gasteiger partial charge in [-0.1, -0.05) is 51.1 Å². The molecule has 4 nitrogen and oxygen atoms in total. The van der Waals surface area contributed by atoms with Gasteiger partial charge in [-0.15, -0.1) is 0 Å². The second-order valence-corrected chi connectivity index (χ2v) is 8.10. The van der Waals surface area contributed by atoms with Crippen LogP contribution in [0.5, 0.6) is 5.75 Å². The van der Waals surface area contributed by atoms with E-state index in [4.69, 9.17) is 4.74 Å². The van der Waals surface area contributed by atoms with E-state index < -0.39 is 11.9 Å². The van der Waals surface area contributed by atoms with Crippen molar-refractivity contribution < 1.29 is 14.6 Å². The molecule has 1 aliphatic rings. The monoisotopic (exact) mass is 376 g/mol. The molecule has 0 fully saturated rings. The molecule has 28 heavy (non-hydrogen) atoms. The maximum atomic E-state index is 11.4. The molecule has 1 aromatic heterocycles. The van der Waals surface area contributed by atoms with Crippen molar-refractivity contribution in [3.63, 3.8) is 0 Å². The van der Waals surface area contributed by atoms with Gasteiger partial charge in [-0.3, -0.25) is 0 Å². The molecule has 146 valence electrons. The number of fused-ring (bicyclic) bond motifs is 3. The van der Waals surface area contributed by atoms with Crippen LogP contribution >= 0.6 is 0 Å². The van der Waals surface area contributed by atoms with Crippen LogP contribution < -0.4 is 9.84 Å². The van der Waals surface area contributed by atoms with E-state index in [0.717, 1.165) is 35.5 Å². The van der Waals surface area contributed by atoms with E-state index in [1.165, 1.54) is 10.9 Å². The minimum absolute atomic E-state index is 0.00565. The Morgan fingerprint density at radius 3 is 2.61 bits per heavy atom. The number of carboxylic acid groups (broad SMARTS) is 1. The molecule has 2 heterocycles. The summed E-state index contributed by atoms with van der Waals surface area (Å²) in [7, 11) is 0. The van der Waals surface area contributed by atoms with E-state index in [1.54, 1.807) is 6.92 Å². The van der Waals surface area contributed by atoms with Crippen LogP contribution in [-0.2, 0) is 17.9 Å². The summed E-state index contributed by atoms with van der Waals surface area (Å²) in [6.07, 6.45) is 0.840. The first-order valence-electron chi connectivity index (χ1n) is 10.0. The Kier molecular flexibility index (Phi) is 4.88. The third-order valence-electron chi connectivity index (χ3n) is 5.95. The van der Waals surface area contributed by atoms with Crippen molar-refractivity contribution in [2.75, 3.05) is 0 Å². The second-order valence-electron chi connectivity index (χ2n) is 8.10. The van der Waals surface area contributed by atoms with Crippen molar-refractivity contribution in [1.29, 1.82) is 0 Å². The van der Waals surface area contributed by atoms with Crippen LogP contribution in [0.15, 0.2) is 48.5 Å². The summed E-state index contributed by atoms with van der Waals surface area (Å²) < 4.78 is 8.38. The highest BCUT2D eigenvalue weighted by Crippen LogP contribution is 2.42. The number of ether oxygens (including phenoxy) is 1. The van der Waals surface area contributed by atoms with E-state index in [9.17, 15) is 9.90 Å². The van der Waals surface area contributed by atoms with Crippen LogP contribution in [-0.4, -0.2) is 10.5 Å². The van der Waals surface area contributed by atoms with Gasteiger partial charge in [0, 0.05) is 41.5 Å². The van der Waals surface area contributed by atoms with E-state index >= 15 is 0 Å². The number of hydrogen-bond acceptors (Lipinski definition) is 3. The molecule has 0 saturated carbocycles. The summed E-state index contributed by atoms with van der Waals surface area (Å²) in [6, 6.07) is 16.6. The van der Waals surface area contributed by atoms with Gasteiger partial charge in [-0.2, -0.15) is 0 Å². The van der Waals surface area contributed by atoms with Crippen LogP contribution in [0, 0.1) is 5.92 Å². The van der Waals surface area contributed by atoms with Gasteiger partial charge in [0.2, 0.25) is 0 Å². The van der Waals surface area contributed by atoms with Crippen molar-refractivity contribution in [1.82, 2.24) is 4.57 Å². The smallest absolute Gasteiger partial charge is 0.122 e. The molecule has 2 aromatic carbocycles. The number of benzene rings is 2. The SMILES string of the molecule is CC(C)c1cc(OCc2ccccc2)cc2c1cc1n2CCC1C(C)C(=O)[O-]. The molecule has 0 radical (unpaired) electrons. The van der Waals surface area contributed by atoms with Crippen LogP contribution in [0.25, 0.3) is 10.9 Å². The fourth-order valence-electron chi connectivity index (χ4n) is 4.32. The van der Waals surface area contributed by atoms with Gasteiger partial charge in [0.05, 0.1) is 5.52 Å². The van der Waals surface area contributed by atoms with Gasteiger partial charge in [0.15, 0.2) is 0 Å². The number of nitrogens with zero attached hydrogens (tertiary/aromatic N) is 1. The molecule has 3 aromatic rings. The first-order valence-corrected chi connectivity index (χ1v) is 10.0. The normalized spacial score (nSPS) is 17.1. The van der Waals surface area contributed by atoms with E-state index in [0.29, 0.717) is 12.5 Å². The zero-order valence-electron chi connectivity index (χ0n) is 16.6. The summed E-state index contributed by atoms with van der Waals surface area (Å²) in [6.45, 7) is 7.48. The van der Waals surface area contributed by atoms with Crippen molar-refractivity contribution >= 4 is 16.9 Å². The molecule has 0 saturated heterocycles. The number of carboxylic acids is 1. The third kappa shape index (κ3) is 3.28. The molecule has 4 rings (SSSR count). The van der Waals surface area contributed by atoms with Crippen molar-refractivity contribution in [2.24, 2.45) is 5.92 Å². The molecule has 2 atom stereocenters. The fraction of sp³-hybridized carbons (Fsp3) is 0.375. The Morgan fingerprint density at radius 2 is 1.93 bits per heavy atom. The number of aliphatic carboxylic acids is 1. The number of aromatic nitrogens is 1. The summed E-state index contributed by atoms with van der Waals surface area (Å²) in [5.74, 6) is -0.243. The highest BCUT2D eigenvalue weighted by atomic mass is 16.5. The predicted octanol–water partition coefficient (Wildman–Crippen LogP) is 4.22. The number of carbonyl (C=O) groups is 1. The van der Waals surface area contributed by atoms with Gasteiger partial charge in [-0.05, 0) is 35.6 Å². The lowest BCUT2D eigenvalue weighted by molar-refractivity contribution is -0.311. The van der Waals surface area contributed by atoms with Gasteiger partial charge in [0.1, 0.15) is 12.4 Å². The number of aryl methyl sites for hydroxylation is 1. The first-order chi connectivity index (χ1) is 13.5. The highest BCUT2D eigenvalue weighted by molar-refractivity contribution is 5.87. The summed E-state index contributed by atoms with van der Waals surface area (Å²) in [4.78, 5) is 11.4. The van der Waals surface area contributed by atoms with Crippen LogP contribution in [0.4, 0.5) is 0 Å². The lowest BCUT2D eigenvalue weighted by Crippen LogP contribution is -2.32. The molecule has 0 aliphatic carbocycles. The third-order valence-corrected chi connectivity index (χ3v) is 5.95. The molecular formula is C24H26NO3-. The van der Waals surface area contributed by atoms with E-state index in [-0.39, 0.29) is 5.92 Å². The Morgan fingerprint density at radius 1 is 1.18 bits per heavy atom. The summed E-state index contributed by atoms with van der Waals surface area (Å²) in [5.41, 5.74) is 4.62. The van der Waals surface area contributed by atoms with E-state index in [1.807, 2.05) is 18.2 Å². The Labute approximate surface area is 165 Å². The molecule has 4 heteroatoms. The van der Waals surface area contributed by atoms with Gasteiger partial charge < -0.3 is 19.2 Å². The first kappa shape index (κ1) is 18.6. The Hall–Kier alpha value is -2.75. The Bertz CT molecular complexity index is 1000. The zero-order chi connectivity index (χ0) is 19.8. The van der Waals surface area contributed by atoms with Gasteiger partial charge in [0.25, 0.3) is 0 Å². The highest BCUT2D eigenvalue weighted by Gasteiger charge is 2.30.